The Morgan fingerprint density at radius 3 is 2.78 bits per heavy atom. The molecule has 23 heavy (non-hydrogen) atoms. The predicted octanol–water partition coefficient (Wildman–Crippen LogP) is 1.39. The molecule has 3 N–H and O–H groups in total. The van der Waals surface area contributed by atoms with Gasteiger partial charge in [0.1, 0.15) is 5.75 Å². The predicted molar refractivity (Wildman–Crippen MR) is 90.4 cm³/mol. The number of rotatable bonds is 5. The van der Waals surface area contributed by atoms with Crippen molar-refractivity contribution in [2.45, 2.75) is 19.4 Å². The lowest BCUT2D eigenvalue weighted by atomic mass is 10.2. The average Bonchev–Trinajstić information content (AvgIpc) is 2.48. The van der Waals surface area contributed by atoms with Crippen LogP contribution in [0.4, 0.5) is 11.4 Å². The molecule has 0 spiro atoms. The molecule has 2 amide bonds. The van der Waals surface area contributed by atoms with Crippen molar-refractivity contribution in [1.29, 1.82) is 0 Å². The van der Waals surface area contributed by atoms with Crippen molar-refractivity contribution >= 4 is 35.6 Å². The summed E-state index contributed by atoms with van der Waals surface area (Å²) in [7, 11) is 1.53. The molecule has 2 rings (SSSR count). The van der Waals surface area contributed by atoms with Gasteiger partial charge < -0.3 is 25.4 Å². The van der Waals surface area contributed by atoms with E-state index in [4.69, 9.17) is 9.47 Å². The summed E-state index contributed by atoms with van der Waals surface area (Å²) in [6.45, 7) is 3.51. The third-order valence-electron chi connectivity index (χ3n) is 3.21. The number of hydrogen-bond donors (Lipinski definition) is 3. The van der Waals surface area contributed by atoms with Crippen LogP contribution in [0.2, 0.25) is 0 Å². The summed E-state index contributed by atoms with van der Waals surface area (Å²) < 4.78 is 10.7. The first-order chi connectivity index (χ1) is 10.6. The van der Waals surface area contributed by atoms with Gasteiger partial charge in [0.25, 0.3) is 0 Å². The van der Waals surface area contributed by atoms with Gasteiger partial charge in [-0.05, 0) is 18.2 Å². The Bertz CT molecular complexity index is 548. The number of halogens is 1. The number of benzene rings is 1. The smallest absolute Gasteiger partial charge is 0.227 e. The van der Waals surface area contributed by atoms with Crippen LogP contribution in [-0.4, -0.2) is 44.7 Å². The first-order valence-electron chi connectivity index (χ1n) is 7.16. The Morgan fingerprint density at radius 2 is 2.17 bits per heavy atom. The summed E-state index contributed by atoms with van der Waals surface area (Å²) in [4.78, 5) is 23.2. The van der Waals surface area contributed by atoms with E-state index in [2.05, 4.69) is 16.0 Å². The van der Waals surface area contributed by atoms with E-state index < -0.39 is 0 Å². The Hall–Kier alpha value is -1.83. The van der Waals surface area contributed by atoms with Crippen LogP contribution in [0.3, 0.4) is 0 Å². The highest BCUT2D eigenvalue weighted by Gasteiger charge is 2.18. The summed E-state index contributed by atoms with van der Waals surface area (Å²) in [5, 5.41) is 8.65. The highest BCUT2D eigenvalue weighted by Crippen LogP contribution is 2.28. The topological polar surface area (TPSA) is 88.7 Å². The van der Waals surface area contributed by atoms with Crippen LogP contribution >= 0.6 is 12.4 Å². The summed E-state index contributed by atoms with van der Waals surface area (Å²) in [5.41, 5.74) is 1.11. The largest absolute Gasteiger partial charge is 0.495 e. The fourth-order valence-electron chi connectivity index (χ4n) is 2.25. The minimum absolute atomic E-state index is 0. The van der Waals surface area contributed by atoms with Crippen LogP contribution in [0.25, 0.3) is 0 Å². The molecular formula is C15H22ClN3O4. The number of amides is 2. The third kappa shape index (κ3) is 6.05. The average molecular weight is 344 g/mol. The van der Waals surface area contributed by atoms with Crippen LogP contribution in [0.1, 0.15) is 13.3 Å². The molecule has 1 aromatic carbocycles. The highest BCUT2D eigenvalue weighted by molar-refractivity contribution is 5.95. The standard InChI is InChI=1S/C15H21N3O4.ClH/c1-10(19)17-11-3-4-14(21-2)13(7-11)18-15(20)8-12-9-16-5-6-22-12;/h3-4,7,12,16H,5-6,8-9H2,1-2H3,(H,17,19)(H,18,20);1H. The zero-order chi connectivity index (χ0) is 15.9. The third-order valence-corrected chi connectivity index (χ3v) is 3.21. The molecular weight excluding hydrogens is 322 g/mol. The van der Waals surface area contributed by atoms with Crippen molar-refractivity contribution in [1.82, 2.24) is 5.32 Å². The molecule has 1 fully saturated rings. The van der Waals surface area contributed by atoms with Crippen molar-refractivity contribution in [2.24, 2.45) is 0 Å². The van der Waals surface area contributed by atoms with Gasteiger partial charge in [0.05, 0.1) is 31.9 Å². The van der Waals surface area contributed by atoms with Crippen molar-refractivity contribution in [3.8, 4) is 5.75 Å². The molecule has 7 nitrogen and oxygen atoms in total. The second-order valence-corrected chi connectivity index (χ2v) is 5.05. The fourth-order valence-corrected chi connectivity index (χ4v) is 2.25. The lowest BCUT2D eigenvalue weighted by Gasteiger charge is -2.23. The quantitative estimate of drug-likeness (QED) is 0.752. The Labute approximate surface area is 141 Å². The van der Waals surface area contributed by atoms with Crippen LogP contribution < -0.4 is 20.7 Å². The van der Waals surface area contributed by atoms with Crippen molar-refractivity contribution in [3.63, 3.8) is 0 Å². The van der Waals surface area contributed by atoms with Gasteiger partial charge in [-0.1, -0.05) is 0 Å². The number of anilines is 2. The monoisotopic (exact) mass is 343 g/mol. The number of ether oxygens (including phenoxy) is 2. The Balaban J connectivity index is 0.00000264. The molecule has 1 aromatic rings. The molecule has 0 aromatic heterocycles. The van der Waals surface area contributed by atoms with Gasteiger partial charge in [-0.3, -0.25) is 9.59 Å². The molecule has 0 aliphatic carbocycles. The van der Waals surface area contributed by atoms with E-state index in [9.17, 15) is 9.59 Å². The molecule has 0 radical (unpaired) electrons. The normalized spacial score (nSPS) is 16.9. The summed E-state index contributed by atoms with van der Waals surface area (Å²) in [6.07, 6.45) is 0.138. The van der Waals surface area contributed by atoms with Gasteiger partial charge in [0.2, 0.25) is 11.8 Å². The van der Waals surface area contributed by atoms with Crippen molar-refractivity contribution in [2.75, 3.05) is 37.4 Å². The molecule has 8 heteroatoms. The maximum Gasteiger partial charge on any atom is 0.227 e. The number of nitrogens with one attached hydrogen (secondary N) is 3. The van der Waals surface area contributed by atoms with Gasteiger partial charge in [-0.2, -0.15) is 0 Å². The Kier molecular flexibility index (Phi) is 7.80. The van der Waals surface area contributed by atoms with E-state index in [1.165, 1.54) is 14.0 Å². The number of morpholine rings is 1. The summed E-state index contributed by atoms with van der Waals surface area (Å²) >= 11 is 0. The molecule has 128 valence electrons. The van der Waals surface area contributed by atoms with Crippen molar-refractivity contribution in [3.05, 3.63) is 18.2 Å². The molecule has 0 bridgehead atoms. The second-order valence-electron chi connectivity index (χ2n) is 5.05. The van der Waals surface area contributed by atoms with Gasteiger partial charge in [-0.25, -0.2) is 0 Å². The van der Waals surface area contributed by atoms with Crippen LogP contribution in [-0.2, 0) is 14.3 Å². The van der Waals surface area contributed by atoms with Crippen molar-refractivity contribution < 1.29 is 19.1 Å². The first-order valence-corrected chi connectivity index (χ1v) is 7.16. The SMILES string of the molecule is COc1ccc(NC(C)=O)cc1NC(=O)CC1CNCCO1.Cl. The zero-order valence-electron chi connectivity index (χ0n) is 13.2. The minimum atomic E-state index is -0.177. The van der Waals surface area contributed by atoms with Gasteiger partial charge >= 0.3 is 0 Å². The maximum atomic E-state index is 12.1. The molecule has 1 saturated heterocycles. The highest BCUT2D eigenvalue weighted by atomic mass is 35.5. The van der Waals surface area contributed by atoms with E-state index in [1.54, 1.807) is 18.2 Å². The molecule has 1 atom stereocenters. The molecule has 1 aliphatic heterocycles. The lowest BCUT2D eigenvalue weighted by Crippen LogP contribution is -2.40. The van der Waals surface area contributed by atoms with Crippen LogP contribution in [0, 0.1) is 0 Å². The van der Waals surface area contributed by atoms with Gasteiger partial charge in [0, 0.05) is 25.7 Å². The lowest BCUT2D eigenvalue weighted by molar-refractivity contribution is -0.119. The molecule has 1 unspecified atom stereocenters. The number of carbonyl (C=O) groups excluding carboxylic acids is 2. The summed E-state index contributed by atoms with van der Waals surface area (Å²) in [5.74, 6) is 0.196. The second kappa shape index (κ2) is 9.34. The first kappa shape index (κ1) is 19.2. The minimum Gasteiger partial charge on any atom is -0.495 e. The van der Waals surface area contributed by atoms with E-state index in [0.717, 1.165) is 6.54 Å². The number of hydrogen-bond acceptors (Lipinski definition) is 5. The molecule has 1 aliphatic rings. The number of carbonyl (C=O) groups is 2. The Morgan fingerprint density at radius 1 is 1.39 bits per heavy atom. The van der Waals surface area contributed by atoms with E-state index in [1.807, 2.05) is 0 Å². The molecule has 1 heterocycles. The van der Waals surface area contributed by atoms with E-state index in [0.29, 0.717) is 30.3 Å². The summed E-state index contributed by atoms with van der Waals surface area (Å²) in [6, 6.07) is 5.07. The number of methoxy groups -OCH3 is 1. The van der Waals surface area contributed by atoms with E-state index in [-0.39, 0.29) is 36.7 Å². The van der Waals surface area contributed by atoms with Gasteiger partial charge in [0.15, 0.2) is 0 Å². The maximum absolute atomic E-state index is 12.1. The molecule has 0 saturated carbocycles. The zero-order valence-corrected chi connectivity index (χ0v) is 14.0. The van der Waals surface area contributed by atoms with Crippen LogP contribution in [0.5, 0.6) is 5.75 Å². The fraction of sp³-hybridized carbons (Fsp3) is 0.467. The van der Waals surface area contributed by atoms with E-state index >= 15 is 0 Å². The van der Waals surface area contributed by atoms with Gasteiger partial charge in [-0.15, -0.1) is 12.4 Å². The van der Waals surface area contributed by atoms with Crippen LogP contribution in [0.15, 0.2) is 18.2 Å².